The Labute approximate surface area is 178 Å². The second kappa shape index (κ2) is 9.53. The highest BCUT2D eigenvalue weighted by atomic mass is 19.1. The molecular weight excluding hydrogens is 406 g/mol. The van der Waals surface area contributed by atoms with Gasteiger partial charge in [-0.2, -0.15) is 4.98 Å². The van der Waals surface area contributed by atoms with Crippen molar-refractivity contribution in [1.29, 1.82) is 0 Å². The first-order valence-electron chi connectivity index (χ1n) is 9.61. The number of aliphatic carboxylic acids is 1. The van der Waals surface area contributed by atoms with Gasteiger partial charge in [0.25, 0.3) is 11.8 Å². The number of benzene rings is 2. The lowest BCUT2D eigenvalue weighted by atomic mass is 10.0. The molecule has 0 aliphatic carbocycles. The maximum atomic E-state index is 14.3. The van der Waals surface area contributed by atoms with E-state index in [4.69, 9.17) is 15.2 Å². The maximum absolute atomic E-state index is 14.3. The van der Waals surface area contributed by atoms with Gasteiger partial charge in [-0.3, -0.25) is 0 Å². The normalized spacial score (nSPS) is 11.9. The van der Waals surface area contributed by atoms with E-state index in [-0.39, 0.29) is 5.75 Å². The van der Waals surface area contributed by atoms with Crippen molar-refractivity contribution in [2.75, 3.05) is 0 Å². The second-order valence-electron chi connectivity index (χ2n) is 7.22. The minimum absolute atomic E-state index is 0.262. The molecule has 0 bridgehead atoms. The van der Waals surface area contributed by atoms with Crippen molar-refractivity contribution in [2.24, 2.45) is 11.7 Å². The number of carbonyl (C=O) groups is 1. The Hall–Kier alpha value is -3.52. The summed E-state index contributed by atoms with van der Waals surface area (Å²) in [4.78, 5) is 15.1. The lowest BCUT2D eigenvalue weighted by Gasteiger charge is -2.18. The van der Waals surface area contributed by atoms with Crippen molar-refractivity contribution >= 4 is 5.97 Å². The van der Waals surface area contributed by atoms with Gasteiger partial charge in [0.15, 0.2) is 17.7 Å². The summed E-state index contributed by atoms with van der Waals surface area (Å²) in [7, 11) is 0. The quantitative estimate of drug-likeness (QED) is 0.537. The molecule has 1 unspecified atom stereocenters. The zero-order valence-corrected chi connectivity index (χ0v) is 17.0. The Morgan fingerprint density at radius 1 is 1.03 bits per heavy atom. The van der Waals surface area contributed by atoms with E-state index in [1.807, 2.05) is 30.3 Å². The van der Waals surface area contributed by atoms with E-state index in [1.165, 1.54) is 0 Å². The fourth-order valence-electron chi connectivity index (χ4n) is 2.91. The molecule has 3 aromatic rings. The third-order valence-electron chi connectivity index (χ3n) is 4.50. The first-order chi connectivity index (χ1) is 14.8. The minimum atomic E-state index is -1.35. The van der Waals surface area contributed by atoms with Crippen molar-refractivity contribution in [1.82, 2.24) is 4.98 Å². The number of hydrogen-bond donors (Lipinski definition) is 2. The predicted octanol–water partition coefficient (Wildman–Crippen LogP) is 4.77. The molecule has 0 spiro atoms. The molecule has 3 N–H and O–H groups in total. The number of hydrogen-bond acceptors (Lipinski definition) is 5. The van der Waals surface area contributed by atoms with Crippen LogP contribution < -0.4 is 15.2 Å². The van der Waals surface area contributed by atoms with E-state index in [9.17, 15) is 18.7 Å². The highest BCUT2D eigenvalue weighted by Crippen LogP contribution is 2.31. The number of carboxylic acids is 1. The fraction of sp³-hybridized carbons (Fsp3) is 0.217. The Morgan fingerprint density at radius 3 is 2.32 bits per heavy atom. The molecule has 0 saturated heterocycles. The molecule has 1 heterocycles. The van der Waals surface area contributed by atoms with Gasteiger partial charge in [0.1, 0.15) is 5.75 Å². The minimum Gasteiger partial charge on any atom is -0.478 e. The molecule has 0 aliphatic heterocycles. The van der Waals surface area contributed by atoms with Crippen LogP contribution in [0.4, 0.5) is 8.78 Å². The summed E-state index contributed by atoms with van der Waals surface area (Å²) in [6.45, 7) is 3.59. The molecule has 162 valence electrons. The summed E-state index contributed by atoms with van der Waals surface area (Å²) < 4.78 is 39.1. The predicted molar refractivity (Wildman–Crippen MR) is 111 cm³/mol. The van der Waals surface area contributed by atoms with Crippen LogP contribution in [0, 0.1) is 17.6 Å². The number of carboxylic acid groups (broad SMARTS) is 1. The van der Waals surface area contributed by atoms with Crippen LogP contribution >= 0.6 is 0 Å². The van der Waals surface area contributed by atoms with Crippen LogP contribution in [0.2, 0.25) is 0 Å². The van der Waals surface area contributed by atoms with Crippen molar-refractivity contribution in [3.8, 4) is 28.6 Å². The molecule has 0 aliphatic rings. The van der Waals surface area contributed by atoms with Gasteiger partial charge in [-0.15, -0.1) is 0 Å². The van der Waals surface area contributed by atoms with Gasteiger partial charge in [-0.25, -0.2) is 13.6 Å². The Balaban J connectivity index is 1.89. The summed E-state index contributed by atoms with van der Waals surface area (Å²) in [5.74, 6) is -4.83. The van der Waals surface area contributed by atoms with Crippen LogP contribution in [0.5, 0.6) is 17.5 Å². The summed E-state index contributed by atoms with van der Waals surface area (Å²) in [5.41, 5.74) is 8.34. The van der Waals surface area contributed by atoms with Crippen molar-refractivity contribution < 1.29 is 28.2 Å². The zero-order valence-electron chi connectivity index (χ0n) is 17.0. The first kappa shape index (κ1) is 22.2. The number of nitrogens with zero attached hydrogens (tertiary/aromatic N) is 1. The summed E-state index contributed by atoms with van der Waals surface area (Å²) in [6.07, 6.45) is -1.35. The van der Waals surface area contributed by atoms with E-state index in [2.05, 4.69) is 4.98 Å². The molecule has 6 nitrogen and oxygen atoms in total. The maximum Gasteiger partial charge on any atom is 0.345 e. The lowest BCUT2D eigenvalue weighted by molar-refractivity contribution is -0.147. The SMILES string of the molecule is CC(C)C(Oc1nc(Oc2cccc(-c3cccc(CN)c3)c2)c(F)cc1F)C(=O)O. The Kier molecular flexibility index (Phi) is 6.81. The summed E-state index contributed by atoms with van der Waals surface area (Å²) in [6, 6.07) is 15.0. The Bertz CT molecular complexity index is 1090. The molecular formula is C23H22F2N2O4. The number of rotatable bonds is 8. The Morgan fingerprint density at radius 2 is 1.68 bits per heavy atom. The van der Waals surface area contributed by atoms with E-state index in [1.54, 1.807) is 32.0 Å². The van der Waals surface area contributed by atoms with Gasteiger partial charge in [0.2, 0.25) is 0 Å². The molecule has 2 aromatic carbocycles. The van der Waals surface area contributed by atoms with E-state index in [0.717, 1.165) is 16.7 Å². The molecule has 0 radical (unpaired) electrons. The average Bonchev–Trinajstić information content (AvgIpc) is 2.74. The summed E-state index contributed by atoms with van der Waals surface area (Å²) >= 11 is 0. The molecule has 1 aromatic heterocycles. The number of halogens is 2. The molecule has 0 fully saturated rings. The van der Waals surface area contributed by atoms with Crippen LogP contribution in [-0.4, -0.2) is 22.2 Å². The smallest absolute Gasteiger partial charge is 0.345 e. The van der Waals surface area contributed by atoms with Gasteiger partial charge >= 0.3 is 5.97 Å². The lowest BCUT2D eigenvalue weighted by Crippen LogP contribution is -2.32. The molecule has 3 rings (SSSR count). The van der Waals surface area contributed by atoms with E-state index < -0.39 is 41.4 Å². The molecule has 8 heteroatoms. The van der Waals surface area contributed by atoms with Crippen LogP contribution in [0.15, 0.2) is 54.6 Å². The van der Waals surface area contributed by atoms with Gasteiger partial charge in [-0.05, 0) is 34.9 Å². The van der Waals surface area contributed by atoms with E-state index >= 15 is 0 Å². The topological polar surface area (TPSA) is 94.7 Å². The van der Waals surface area contributed by atoms with Crippen LogP contribution in [0.25, 0.3) is 11.1 Å². The number of pyridine rings is 1. The molecule has 31 heavy (non-hydrogen) atoms. The van der Waals surface area contributed by atoms with E-state index in [0.29, 0.717) is 12.6 Å². The number of nitrogens with two attached hydrogens (primary N) is 1. The molecule has 1 atom stereocenters. The zero-order chi connectivity index (χ0) is 22.5. The highest BCUT2D eigenvalue weighted by molar-refractivity contribution is 5.73. The second-order valence-corrected chi connectivity index (χ2v) is 7.22. The largest absolute Gasteiger partial charge is 0.478 e. The average molecular weight is 428 g/mol. The standard InChI is InChI=1S/C23H22F2N2O4/c1-13(2)20(23(28)29)31-22-19(25)11-18(24)21(27-22)30-17-8-4-7-16(10-17)15-6-3-5-14(9-15)12-26/h3-11,13,20H,12,26H2,1-2H3,(H,28,29). The van der Waals surface area contributed by atoms with Crippen LogP contribution in [0.3, 0.4) is 0 Å². The van der Waals surface area contributed by atoms with Crippen LogP contribution in [0.1, 0.15) is 19.4 Å². The monoisotopic (exact) mass is 428 g/mol. The fourth-order valence-corrected chi connectivity index (χ4v) is 2.91. The van der Waals surface area contributed by atoms with Gasteiger partial charge < -0.3 is 20.3 Å². The van der Waals surface area contributed by atoms with Gasteiger partial charge in [0.05, 0.1) is 0 Å². The van der Waals surface area contributed by atoms with Gasteiger partial charge in [0, 0.05) is 18.5 Å². The molecule has 0 saturated carbocycles. The number of aromatic nitrogens is 1. The number of ether oxygens (including phenoxy) is 2. The van der Waals surface area contributed by atoms with Crippen LogP contribution in [-0.2, 0) is 11.3 Å². The first-order valence-corrected chi connectivity index (χ1v) is 9.61. The third-order valence-corrected chi connectivity index (χ3v) is 4.50. The highest BCUT2D eigenvalue weighted by Gasteiger charge is 2.26. The summed E-state index contributed by atoms with van der Waals surface area (Å²) in [5, 5.41) is 9.24. The third kappa shape index (κ3) is 5.35. The van der Waals surface area contributed by atoms with Gasteiger partial charge in [-0.1, -0.05) is 44.2 Å². The molecule has 0 amide bonds. The van der Waals surface area contributed by atoms with Crippen molar-refractivity contribution in [2.45, 2.75) is 26.5 Å². The van der Waals surface area contributed by atoms with Crippen molar-refractivity contribution in [3.63, 3.8) is 0 Å². The van der Waals surface area contributed by atoms with Crippen molar-refractivity contribution in [3.05, 3.63) is 71.8 Å².